The van der Waals surface area contributed by atoms with Gasteiger partial charge in [-0.1, -0.05) is 0 Å². The van der Waals surface area contributed by atoms with Crippen molar-refractivity contribution >= 4 is 21.6 Å². The number of hydrogen-bond acceptors (Lipinski definition) is 3. The van der Waals surface area contributed by atoms with E-state index in [4.69, 9.17) is 16.7 Å². The summed E-state index contributed by atoms with van der Waals surface area (Å²) >= 11 is 5.24. The number of hydrogen-bond donors (Lipinski definition) is 1. The molecule has 4 nitrogen and oxygen atoms in total. The van der Waals surface area contributed by atoms with Crippen molar-refractivity contribution in [2.45, 2.75) is 19.4 Å². The predicted octanol–water partition coefficient (Wildman–Crippen LogP) is 0.215. The summed E-state index contributed by atoms with van der Waals surface area (Å²) < 4.78 is 23.5. The van der Waals surface area contributed by atoms with Crippen molar-refractivity contribution in [3.05, 3.63) is 0 Å². The molecule has 0 aliphatic carbocycles. The van der Waals surface area contributed by atoms with E-state index in [1.54, 1.807) is 13.8 Å². The number of sulfonamides is 1. The third-order valence-electron chi connectivity index (χ3n) is 1.79. The summed E-state index contributed by atoms with van der Waals surface area (Å²) in [7, 11) is -2.03. The van der Waals surface area contributed by atoms with Crippen LogP contribution in [0, 0.1) is 0 Å². The lowest BCUT2D eigenvalue weighted by atomic mass is 10.1. The lowest BCUT2D eigenvalue weighted by Gasteiger charge is -2.31. The van der Waals surface area contributed by atoms with Gasteiger partial charge in [-0.2, -0.15) is 4.31 Å². The average Bonchev–Trinajstić information content (AvgIpc) is 2.03. The lowest BCUT2D eigenvalue weighted by Crippen LogP contribution is -2.47. The fourth-order valence-corrected chi connectivity index (χ4v) is 1.95. The van der Waals surface area contributed by atoms with Gasteiger partial charge in [0, 0.05) is 7.05 Å². The van der Waals surface area contributed by atoms with Gasteiger partial charge >= 0.3 is 0 Å². The number of aliphatic hydroxyl groups excluding tert-OH is 1. The molecule has 1 N–H and O–H groups in total. The molecular weight excluding hydrogens is 202 g/mol. The maximum absolute atomic E-state index is 11.2. The molecule has 6 heteroatoms. The highest BCUT2D eigenvalue weighted by Gasteiger charge is 2.31. The minimum Gasteiger partial charge on any atom is -0.394 e. The number of nitrogens with zero attached hydrogens (tertiary/aromatic N) is 1. The third-order valence-corrected chi connectivity index (χ3v) is 4.23. The normalized spacial score (nSPS) is 13.8. The highest BCUT2D eigenvalue weighted by atomic mass is 35.5. The molecule has 0 bridgehead atoms. The van der Waals surface area contributed by atoms with Crippen LogP contribution in [0.3, 0.4) is 0 Å². The van der Waals surface area contributed by atoms with Crippen molar-refractivity contribution in [3.63, 3.8) is 0 Å². The molecule has 0 aromatic carbocycles. The van der Waals surface area contributed by atoms with Gasteiger partial charge in [0.15, 0.2) is 0 Å². The van der Waals surface area contributed by atoms with Crippen molar-refractivity contribution in [2.24, 2.45) is 0 Å². The molecule has 0 fully saturated rings. The highest BCUT2D eigenvalue weighted by molar-refractivity contribution is 7.90. The summed E-state index contributed by atoms with van der Waals surface area (Å²) in [6.07, 6.45) is 0. The second-order valence-corrected chi connectivity index (χ2v) is 5.74. The van der Waals surface area contributed by atoms with Gasteiger partial charge in [0.25, 0.3) is 0 Å². The zero-order valence-electron chi connectivity index (χ0n) is 7.41. The summed E-state index contributed by atoms with van der Waals surface area (Å²) in [5.74, 6) is 0. The Morgan fingerprint density at radius 1 is 1.50 bits per heavy atom. The van der Waals surface area contributed by atoms with Crippen LogP contribution in [-0.4, -0.2) is 42.2 Å². The van der Waals surface area contributed by atoms with Crippen LogP contribution in [-0.2, 0) is 10.0 Å². The monoisotopic (exact) mass is 215 g/mol. The van der Waals surface area contributed by atoms with E-state index >= 15 is 0 Å². The van der Waals surface area contributed by atoms with Crippen molar-refractivity contribution < 1.29 is 13.5 Å². The average molecular weight is 216 g/mol. The minimum absolute atomic E-state index is 0.236. The van der Waals surface area contributed by atoms with Crippen LogP contribution in [0.4, 0.5) is 0 Å². The lowest BCUT2D eigenvalue weighted by molar-refractivity contribution is 0.138. The quantitative estimate of drug-likeness (QED) is 0.683. The van der Waals surface area contributed by atoms with E-state index in [0.29, 0.717) is 0 Å². The Labute approximate surface area is 78.2 Å². The zero-order chi connectivity index (χ0) is 9.99. The number of rotatable bonds is 4. The van der Waals surface area contributed by atoms with Gasteiger partial charge in [-0.15, -0.1) is 11.6 Å². The van der Waals surface area contributed by atoms with E-state index in [1.807, 2.05) is 0 Å². The van der Waals surface area contributed by atoms with E-state index in [2.05, 4.69) is 0 Å². The van der Waals surface area contributed by atoms with Gasteiger partial charge in [-0.25, -0.2) is 8.42 Å². The van der Waals surface area contributed by atoms with Gasteiger partial charge in [-0.05, 0) is 13.8 Å². The highest BCUT2D eigenvalue weighted by Crippen LogP contribution is 2.16. The summed E-state index contributed by atoms with van der Waals surface area (Å²) in [5, 5.41) is 8.41. The first-order valence-corrected chi connectivity index (χ1v) is 5.56. The zero-order valence-corrected chi connectivity index (χ0v) is 8.98. The van der Waals surface area contributed by atoms with Crippen molar-refractivity contribution in [2.75, 3.05) is 18.9 Å². The molecule has 0 aromatic heterocycles. The van der Waals surface area contributed by atoms with Gasteiger partial charge in [0.1, 0.15) is 5.21 Å². The molecule has 0 aliphatic heterocycles. The number of aliphatic hydroxyl groups is 1. The molecule has 0 radical (unpaired) electrons. The predicted molar refractivity (Wildman–Crippen MR) is 48.6 cm³/mol. The van der Waals surface area contributed by atoms with Crippen LogP contribution < -0.4 is 0 Å². The molecule has 0 saturated heterocycles. The molecule has 0 rings (SSSR count). The second-order valence-electron chi connectivity index (χ2n) is 3.16. The fourth-order valence-electron chi connectivity index (χ4n) is 0.549. The van der Waals surface area contributed by atoms with Crippen LogP contribution in [0.2, 0.25) is 0 Å². The van der Waals surface area contributed by atoms with Crippen molar-refractivity contribution in [1.29, 1.82) is 0 Å². The standard InChI is InChI=1S/C6H14ClNO3S/c1-6(2,4-9)8(3)12(10,11)5-7/h9H,4-5H2,1-3H3. The molecule has 0 atom stereocenters. The number of likely N-dealkylation sites (N-methyl/N-ethyl adjacent to an activating group) is 1. The molecule has 74 valence electrons. The van der Waals surface area contributed by atoms with Crippen LogP contribution in [0.5, 0.6) is 0 Å². The molecule has 0 spiro atoms. The van der Waals surface area contributed by atoms with Crippen LogP contribution in [0.15, 0.2) is 0 Å². The Bertz CT molecular complexity index is 237. The Hall–Kier alpha value is 0.160. The summed E-state index contributed by atoms with van der Waals surface area (Å²) in [6, 6.07) is 0. The molecular formula is C6H14ClNO3S. The SMILES string of the molecule is CN(C(C)(C)CO)S(=O)(=O)CCl. The van der Waals surface area contributed by atoms with Gasteiger partial charge < -0.3 is 5.11 Å². The Morgan fingerprint density at radius 2 is 1.92 bits per heavy atom. The van der Waals surface area contributed by atoms with Crippen LogP contribution in [0.25, 0.3) is 0 Å². The first kappa shape index (κ1) is 12.2. The third kappa shape index (κ3) is 2.58. The van der Waals surface area contributed by atoms with Gasteiger partial charge in [0.2, 0.25) is 10.0 Å². The Morgan fingerprint density at radius 3 is 2.17 bits per heavy atom. The second kappa shape index (κ2) is 3.91. The van der Waals surface area contributed by atoms with E-state index in [9.17, 15) is 8.42 Å². The molecule has 0 heterocycles. The minimum atomic E-state index is -3.43. The largest absolute Gasteiger partial charge is 0.394 e. The molecule has 0 saturated carbocycles. The molecule has 12 heavy (non-hydrogen) atoms. The maximum Gasteiger partial charge on any atom is 0.228 e. The summed E-state index contributed by atoms with van der Waals surface area (Å²) in [4.78, 5) is 0. The van der Waals surface area contributed by atoms with E-state index < -0.39 is 20.8 Å². The maximum atomic E-state index is 11.2. The molecule has 0 amide bonds. The van der Waals surface area contributed by atoms with E-state index in [1.165, 1.54) is 7.05 Å². The summed E-state index contributed by atoms with van der Waals surface area (Å²) in [5.41, 5.74) is -0.798. The molecule has 0 aliphatic rings. The first-order valence-electron chi connectivity index (χ1n) is 3.41. The number of alkyl halides is 1. The van der Waals surface area contributed by atoms with Crippen molar-refractivity contribution in [3.8, 4) is 0 Å². The van der Waals surface area contributed by atoms with Crippen LogP contribution in [0.1, 0.15) is 13.8 Å². The number of halogens is 1. The topological polar surface area (TPSA) is 57.6 Å². The van der Waals surface area contributed by atoms with Crippen molar-refractivity contribution in [1.82, 2.24) is 4.31 Å². The molecule has 0 unspecified atom stereocenters. The smallest absolute Gasteiger partial charge is 0.228 e. The Kier molecular flexibility index (Phi) is 3.96. The Balaban J connectivity index is 4.72. The van der Waals surface area contributed by atoms with Gasteiger partial charge in [0.05, 0.1) is 12.1 Å². The van der Waals surface area contributed by atoms with Gasteiger partial charge in [-0.3, -0.25) is 0 Å². The molecule has 0 aromatic rings. The fraction of sp³-hybridized carbons (Fsp3) is 1.00. The van der Waals surface area contributed by atoms with E-state index in [-0.39, 0.29) is 6.61 Å². The first-order chi connectivity index (χ1) is 5.28. The summed E-state index contributed by atoms with van der Waals surface area (Å²) in [6.45, 7) is 3.01. The van der Waals surface area contributed by atoms with E-state index in [0.717, 1.165) is 4.31 Å². The van der Waals surface area contributed by atoms with Crippen LogP contribution >= 0.6 is 11.6 Å².